The third-order valence-electron chi connectivity index (χ3n) is 4.55. The zero-order valence-corrected chi connectivity index (χ0v) is 13.3. The lowest BCUT2D eigenvalue weighted by molar-refractivity contribution is 0.149. The van der Waals surface area contributed by atoms with Crippen LogP contribution in [0.2, 0.25) is 0 Å². The van der Waals surface area contributed by atoms with E-state index < -0.39 is 0 Å². The summed E-state index contributed by atoms with van der Waals surface area (Å²) >= 11 is 0. The van der Waals surface area contributed by atoms with Gasteiger partial charge < -0.3 is 10.2 Å². The van der Waals surface area contributed by atoms with Crippen LogP contribution in [0, 0.1) is 5.41 Å². The van der Waals surface area contributed by atoms with Crippen LogP contribution in [-0.2, 0) is 0 Å². The van der Waals surface area contributed by atoms with Gasteiger partial charge in [0.1, 0.15) is 0 Å². The summed E-state index contributed by atoms with van der Waals surface area (Å²) in [5.41, 5.74) is 0.439. The number of nitrogens with zero attached hydrogens (tertiary/aromatic N) is 2. The van der Waals surface area contributed by atoms with Crippen LogP contribution in [0.5, 0.6) is 0 Å². The second kappa shape index (κ2) is 6.88. The number of rotatable bonds is 7. The Kier molecular flexibility index (Phi) is 6.09. The van der Waals surface area contributed by atoms with E-state index in [0.29, 0.717) is 11.5 Å². The van der Waals surface area contributed by atoms with Gasteiger partial charge >= 0.3 is 0 Å². The van der Waals surface area contributed by atoms with Gasteiger partial charge in [0.2, 0.25) is 0 Å². The number of hydrogen-bond donors (Lipinski definition) is 1. The lowest BCUT2D eigenvalue weighted by Crippen LogP contribution is -2.51. The summed E-state index contributed by atoms with van der Waals surface area (Å²) in [6, 6.07) is 1.36. The molecule has 108 valence electrons. The molecular formula is C15H33N3. The molecule has 1 N–H and O–H groups in total. The molecule has 1 saturated carbocycles. The van der Waals surface area contributed by atoms with Gasteiger partial charge in [-0.3, -0.25) is 4.90 Å². The van der Waals surface area contributed by atoms with Crippen molar-refractivity contribution in [3.05, 3.63) is 0 Å². The highest BCUT2D eigenvalue weighted by molar-refractivity contribution is 5.00. The van der Waals surface area contributed by atoms with Crippen LogP contribution in [0.1, 0.15) is 40.0 Å². The molecule has 0 aromatic rings. The summed E-state index contributed by atoms with van der Waals surface area (Å²) in [6.45, 7) is 10.7. The average Bonchev–Trinajstić information content (AvgIpc) is 2.59. The molecule has 0 aliphatic heterocycles. The Hall–Kier alpha value is -0.120. The largest absolute Gasteiger partial charge is 0.315 e. The minimum absolute atomic E-state index is 0.439. The van der Waals surface area contributed by atoms with Crippen molar-refractivity contribution in [1.29, 1.82) is 0 Å². The van der Waals surface area contributed by atoms with Crippen molar-refractivity contribution in [2.24, 2.45) is 5.41 Å². The molecule has 0 bridgehead atoms. The first kappa shape index (κ1) is 15.9. The molecule has 1 rings (SSSR count). The van der Waals surface area contributed by atoms with E-state index >= 15 is 0 Å². The fourth-order valence-electron chi connectivity index (χ4n) is 3.49. The molecule has 0 spiro atoms. The van der Waals surface area contributed by atoms with E-state index in [0.717, 1.165) is 6.04 Å². The number of nitrogens with one attached hydrogen (secondary N) is 1. The lowest BCUT2D eigenvalue weighted by Gasteiger charge is -2.37. The van der Waals surface area contributed by atoms with Crippen molar-refractivity contribution in [3.63, 3.8) is 0 Å². The van der Waals surface area contributed by atoms with Crippen molar-refractivity contribution in [1.82, 2.24) is 15.1 Å². The molecular weight excluding hydrogens is 222 g/mol. The van der Waals surface area contributed by atoms with E-state index in [2.05, 4.69) is 57.0 Å². The predicted molar refractivity (Wildman–Crippen MR) is 80.1 cm³/mol. The fourth-order valence-corrected chi connectivity index (χ4v) is 3.49. The molecule has 3 nitrogen and oxygen atoms in total. The maximum atomic E-state index is 3.57. The monoisotopic (exact) mass is 255 g/mol. The first-order chi connectivity index (χ1) is 8.42. The summed E-state index contributed by atoms with van der Waals surface area (Å²) < 4.78 is 0. The van der Waals surface area contributed by atoms with Gasteiger partial charge in [-0.05, 0) is 65.5 Å². The van der Waals surface area contributed by atoms with Crippen LogP contribution >= 0.6 is 0 Å². The smallest absolute Gasteiger partial charge is 0.0271 e. The summed E-state index contributed by atoms with van der Waals surface area (Å²) in [5, 5.41) is 3.57. The molecule has 0 amide bonds. The van der Waals surface area contributed by atoms with Crippen molar-refractivity contribution in [2.75, 3.05) is 40.8 Å². The normalized spacial score (nSPS) is 27.3. The fraction of sp³-hybridized carbons (Fsp3) is 1.00. The molecule has 0 aromatic heterocycles. The zero-order valence-electron chi connectivity index (χ0n) is 13.3. The van der Waals surface area contributed by atoms with Gasteiger partial charge in [0.25, 0.3) is 0 Å². The Morgan fingerprint density at radius 1 is 1.22 bits per heavy atom. The molecule has 1 aliphatic rings. The van der Waals surface area contributed by atoms with Crippen LogP contribution in [0.25, 0.3) is 0 Å². The third kappa shape index (κ3) is 3.94. The standard InChI is InChI=1S/C15H33N3/c1-7-18(12-8-11-17(5)6)13-9-10-15(2,3)14(13)16-4/h13-14,16H,7-12H2,1-6H3. The molecule has 3 heteroatoms. The molecule has 1 fully saturated rings. The topological polar surface area (TPSA) is 18.5 Å². The van der Waals surface area contributed by atoms with Crippen LogP contribution in [-0.4, -0.2) is 62.7 Å². The van der Waals surface area contributed by atoms with E-state index in [4.69, 9.17) is 0 Å². The van der Waals surface area contributed by atoms with Crippen LogP contribution < -0.4 is 5.32 Å². The van der Waals surface area contributed by atoms with Gasteiger partial charge in [-0.15, -0.1) is 0 Å². The van der Waals surface area contributed by atoms with E-state index in [1.807, 2.05) is 0 Å². The average molecular weight is 255 g/mol. The molecule has 0 aromatic carbocycles. The molecule has 18 heavy (non-hydrogen) atoms. The minimum atomic E-state index is 0.439. The second-order valence-electron chi connectivity index (χ2n) is 6.65. The van der Waals surface area contributed by atoms with Crippen LogP contribution in [0.4, 0.5) is 0 Å². The highest BCUT2D eigenvalue weighted by Gasteiger charge is 2.42. The number of hydrogen-bond acceptors (Lipinski definition) is 3. The van der Waals surface area contributed by atoms with Crippen molar-refractivity contribution < 1.29 is 0 Å². The van der Waals surface area contributed by atoms with Crippen LogP contribution in [0.3, 0.4) is 0 Å². The van der Waals surface area contributed by atoms with Crippen LogP contribution in [0.15, 0.2) is 0 Å². The van der Waals surface area contributed by atoms with Gasteiger partial charge in [-0.25, -0.2) is 0 Å². The summed E-state index contributed by atoms with van der Waals surface area (Å²) in [4.78, 5) is 4.96. The van der Waals surface area contributed by atoms with E-state index in [1.54, 1.807) is 0 Å². The van der Waals surface area contributed by atoms with E-state index in [1.165, 1.54) is 38.9 Å². The Bertz CT molecular complexity index is 238. The van der Waals surface area contributed by atoms with Crippen molar-refractivity contribution >= 4 is 0 Å². The zero-order chi connectivity index (χ0) is 13.8. The quantitative estimate of drug-likeness (QED) is 0.751. The van der Waals surface area contributed by atoms with Gasteiger partial charge in [-0.1, -0.05) is 20.8 Å². The SMILES string of the molecule is CCN(CCCN(C)C)C1CCC(C)(C)C1NC. The maximum absolute atomic E-state index is 3.57. The van der Waals surface area contributed by atoms with E-state index in [9.17, 15) is 0 Å². The Labute approximate surface area is 114 Å². The summed E-state index contributed by atoms with van der Waals surface area (Å²) in [5.74, 6) is 0. The minimum Gasteiger partial charge on any atom is -0.315 e. The molecule has 2 atom stereocenters. The van der Waals surface area contributed by atoms with Crippen molar-refractivity contribution in [3.8, 4) is 0 Å². The highest BCUT2D eigenvalue weighted by Crippen LogP contribution is 2.39. The summed E-state index contributed by atoms with van der Waals surface area (Å²) in [7, 11) is 6.44. The van der Waals surface area contributed by atoms with Gasteiger partial charge in [0.05, 0.1) is 0 Å². The molecule has 1 aliphatic carbocycles. The lowest BCUT2D eigenvalue weighted by atomic mass is 9.86. The van der Waals surface area contributed by atoms with Gasteiger partial charge in [0, 0.05) is 12.1 Å². The van der Waals surface area contributed by atoms with Gasteiger partial charge in [0.15, 0.2) is 0 Å². The van der Waals surface area contributed by atoms with Gasteiger partial charge in [-0.2, -0.15) is 0 Å². The maximum Gasteiger partial charge on any atom is 0.0271 e. The Morgan fingerprint density at radius 2 is 1.89 bits per heavy atom. The molecule has 0 radical (unpaired) electrons. The van der Waals surface area contributed by atoms with E-state index in [-0.39, 0.29) is 0 Å². The first-order valence-electron chi connectivity index (χ1n) is 7.48. The predicted octanol–water partition coefficient (Wildman–Crippen LogP) is 2.04. The highest BCUT2D eigenvalue weighted by atomic mass is 15.2. The molecule has 0 heterocycles. The number of likely N-dealkylation sites (N-methyl/N-ethyl adjacent to an activating group) is 2. The Balaban J connectivity index is 2.54. The first-order valence-corrected chi connectivity index (χ1v) is 7.48. The second-order valence-corrected chi connectivity index (χ2v) is 6.65. The third-order valence-corrected chi connectivity index (χ3v) is 4.55. The Morgan fingerprint density at radius 3 is 2.39 bits per heavy atom. The van der Waals surface area contributed by atoms with Crippen molar-refractivity contribution in [2.45, 2.75) is 52.1 Å². The molecule has 0 saturated heterocycles. The molecule has 2 unspecified atom stereocenters. The summed E-state index contributed by atoms with van der Waals surface area (Å²) in [6.07, 6.45) is 3.95.